The second-order valence-corrected chi connectivity index (χ2v) is 11.1. The van der Waals surface area contributed by atoms with Gasteiger partial charge < -0.3 is 23.5 Å². The minimum Gasteiger partial charge on any atom is -0.493 e. The van der Waals surface area contributed by atoms with Gasteiger partial charge in [-0.15, -0.1) is 0 Å². The molecule has 0 saturated carbocycles. The Labute approximate surface area is 251 Å². The maximum Gasteiger partial charge on any atom is 0.223 e. The largest absolute Gasteiger partial charge is 0.493 e. The number of hydrogen-bond acceptors (Lipinski definition) is 7. The molecule has 1 aliphatic heterocycles. The predicted octanol–water partition coefficient (Wildman–Crippen LogP) is 7.17. The smallest absolute Gasteiger partial charge is 0.223 e. The van der Waals surface area contributed by atoms with Crippen LogP contribution >= 0.6 is 0 Å². The van der Waals surface area contributed by atoms with Crippen molar-refractivity contribution in [2.75, 3.05) is 57.5 Å². The van der Waals surface area contributed by atoms with Gasteiger partial charge in [-0.25, -0.2) is 4.98 Å². The van der Waals surface area contributed by atoms with Crippen molar-refractivity contribution in [1.29, 1.82) is 0 Å². The lowest BCUT2D eigenvalue weighted by molar-refractivity contribution is -0.116. The zero-order valence-electron chi connectivity index (χ0n) is 26.0. The first-order chi connectivity index (χ1) is 20.4. The van der Waals surface area contributed by atoms with Crippen molar-refractivity contribution < 1.29 is 23.4 Å². The van der Waals surface area contributed by atoms with Crippen molar-refractivity contribution in [2.24, 2.45) is 0 Å². The van der Waals surface area contributed by atoms with Gasteiger partial charge in [-0.1, -0.05) is 40.5 Å². The predicted molar refractivity (Wildman–Crippen MR) is 168 cm³/mol. The second-order valence-electron chi connectivity index (χ2n) is 11.1. The summed E-state index contributed by atoms with van der Waals surface area (Å²) in [6.45, 7) is 16.3. The number of unbranched alkanes of at least 4 members (excludes halogenated alkanes) is 2. The molecule has 8 nitrogen and oxygen atoms in total. The van der Waals surface area contributed by atoms with Gasteiger partial charge in [-0.2, -0.15) is 0 Å². The summed E-state index contributed by atoms with van der Waals surface area (Å²) in [6.07, 6.45) is 5.57. The fraction of sp³-hybridized carbons (Fsp3) is 0.529. The van der Waals surface area contributed by atoms with Crippen LogP contribution in [0.2, 0.25) is 0 Å². The quantitative estimate of drug-likeness (QED) is 0.177. The van der Waals surface area contributed by atoms with Gasteiger partial charge in [-0.05, 0) is 54.7 Å². The molecule has 0 N–H and O–H groups in total. The molecule has 0 unspecified atom stereocenters. The number of oxazole rings is 1. The van der Waals surface area contributed by atoms with Crippen molar-refractivity contribution >= 4 is 11.6 Å². The van der Waals surface area contributed by atoms with Crippen molar-refractivity contribution in [1.82, 2.24) is 9.88 Å². The van der Waals surface area contributed by atoms with Gasteiger partial charge in [0.1, 0.15) is 17.2 Å². The number of aromatic nitrogens is 1. The molecule has 42 heavy (non-hydrogen) atoms. The lowest BCUT2D eigenvalue weighted by atomic mass is 9.96. The van der Waals surface area contributed by atoms with Gasteiger partial charge in [-0.3, -0.25) is 9.69 Å². The van der Waals surface area contributed by atoms with Crippen LogP contribution in [0.25, 0.3) is 22.6 Å². The monoisotopic (exact) mass is 577 g/mol. The number of hydrogen-bond donors (Lipinski definition) is 0. The SMILES string of the molecule is CCCCOc1cc(OCCCC)c(C(C)C)cc1-c1ncoc1-c1ccc(N(CCN2CCOCC2)C(C)=O)cc1. The standard InChI is InChI=1S/C34H47N3O5/c1-6-8-18-40-31-23-32(41-19-9-7-2)30(22-29(31)25(3)4)33-34(42-24-35-33)27-10-12-28(13-11-27)37(26(5)38)15-14-36-16-20-39-21-17-36/h10-13,22-25H,6-9,14-21H2,1-5H3. The van der Waals surface area contributed by atoms with E-state index in [4.69, 9.17) is 18.6 Å². The molecule has 1 saturated heterocycles. The molecule has 0 spiro atoms. The molecule has 0 bridgehead atoms. The van der Waals surface area contributed by atoms with Crippen LogP contribution in [0.1, 0.15) is 71.8 Å². The molecule has 1 aromatic heterocycles. The van der Waals surface area contributed by atoms with E-state index in [9.17, 15) is 4.79 Å². The summed E-state index contributed by atoms with van der Waals surface area (Å²) in [4.78, 5) is 21.4. The number of amides is 1. The lowest BCUT2D eigenvalue weighted by Gasteiger charge is -2.29. The minimum absolute atomic E-state index is 0.0210. The number of nitrogens with zero attached hydrogens (tertiary/aromatic N) is 3. The van der Waals surface area contributed by atoms with E-state index in [1.807, 2.05) is 35.2 Å². The van der Waals surface area contributed by atoms with Crippen LogP contribution < -0.4 is 14.4 Å². The zero-order valence-corrected chi connectivity index (χ0v) is 26.0. The third-order valence-electron chi connectivity index (χ3n) is 7.63. The maximum absolute atomic E-state index is 12.5. The van der Waals surface area contributed by atoms with Gasteiger partial charge in [0.05, 0.1) is 26.4 Å². The highest BCUT2D eigenvalue weighted by Gasteiger charge is 2.22. The Morgan fingerprint density at radius 3 is 2.29 bits per heavy atom. The summed E-state index contributed by atoms with van der Waals surface area (Å²) in [7, 11) is 0. The van der Waals surface area contributed by atoms with Gasteiger partial charge in [0, 0.05) is 56.0 Å². The van der Waals surface area contributed by atoms with Crippen LogP contribution in [0.5, 0.6) is 11.5 Å². The van der Waals surface area contributed by atoms with E-state index < -0.39 is 0 Å². The van der Waals surface area contributed by atoms with Crippen LogP contribution in [0.15, 0.2) is 47.2 Å². The van der Waals surface area contributed by atoms with Crippen molar-refractivity contribution in [3.8, 4) is 34.1 Å². The first-order valence-corrected chi connectivity index (χ1v) is 15.5. The lowest BCUT2D eigenvalue weighted by Crippen LogP contribution is -2.42. The Morgan fingerprint density at radius 1 is 1.00 bits per heavy atom. The third kappa shape index (κ3) is 8.13. The summed E-state index contributed by atoms with van der Waals surface area (Å²) >= 11 is 0. The van der Waals surface area contributed by atoms with E-state index in [2.05, 4.69) is 43.6 Å². The molecule has 1 fully saturated rings. The van der Waals surface area contributed by atoms with Gasteiger partial charge in [0.25, 0.3) is 0 Å². The molecule has 228 valence electrons. The maximum atomic E-state index is 12.5. The van der Waals surface area contributed by atoms with Crippen LogP contribution in [-0.4, -0.2) is 68.4 Å². The molecule has 8 heteroatoms. The molecular formula is C34H47N3O5. The Bertz CT molecular complexity index is 1260. The normalized spacial score (nSPS) is 13.9. The van der Waals surface area contributed by atoms with E-state index in [1.54, 1.807) is 6.92 Å². The van der Waals surface area contributed by atoms with Crippen molar-refractivity contribution in [3.63, 3.8) is 0 Å². The fourth-order valence-corrected chi connectivity index (χ4v) is 5.08. The van der Waals surface area contributed by atoms with Gasteiger partial charge in [0.15, 0.2) is 12.2 Å². The number of rotatable bonds is 15. The fourth-order valence-electron chi connectivity index (χ4n) is 5.08. The van der Waals surface area contributed by atoms with E-state index >= 15 is 0 Å². The highest BCUT2D eigenvalue weighted by Crippen LogP contribution is 2.42. The van der Waals surface area contributed by atoms with Crippen molar-refractivity contribution in [2.45, 2.75) is 66.2 Å². The van der Waals surface area contributed by atoms with Crippen LogP contribution in [0.3, 0.4) is 0 Å². The minimum atomic E-state index is 0.0210. The molecule has 2 heterocycles. The van der Waals surface area contributed by atoms with Crippen LogP contribution in [-0.2, 0) is 9.53 Å². The number of ether oxygens (including phenoxy) is 3. The van der Waals surface area contributed by atoms with Crippen LogP contribution in [0.4, 0.5) is 5.69 Å². The Hall–Kier alpha value is -3.36. The Kier molecular flexibility index (Phi) is 11.8. The second kappa shape index (κ2) is 15.8. The van der Waals surface area contributed by atoms with Gasteiger partial charge in [0.2, 0.25) is 5.91 Å². The molecule has 0 aliphatic carbocycles. The number of anilines is 1. The summed E-state index contributed by atoms with van der Waals surface area (Å²) < 4.78 is 24.0. The summed E-state index contributed by atoms with van der Waals surface area (Å²) in [5.41, 5.74) is 4.48. The topological polar surface area (TPSA) is 77.3 Å². The average Bonchev–Trinajstić information content (AvgIpc) is 3.48. The summed E-state index contributed by atoms with van der Waals surface area (Å²) in [5, 5.41) is 0. The number of benzene rings is 2. The first-order valence-electron chi connectivity index (χ1n) is 15.5. The van der Waals surface area contributed by atoms with Crippen molar-refractivity contribution in [3.05, 3.63) is 48.4 Å². The molecule has 4 rings (SSSR count). The number of carbonyl (C=O) groups is 1. The molecular weight excluding hydrogens is 530 g/mol. The molecule has 0 radical (unpaired) electrons. The Morgan fingerprint density at radius 2 is 1.67 bits per heavy atom. The summed E-state index contributed by atoms with van der Waals surface area (Å²) in [5.74, 6) is 2.56. The van der Waals surface area contributed by atoms with E-state index in [-0.39, 0.29) is 11.8 Å². The zero-order chi connectivity index (χ0) is 29.9. The van der Waals surface area contributed by atoms with E-state index in [1.165, 1.54) is 6.39 Å². The van der Waals surface area contributed by atoms with E-state index in [0.29, 0.717) is 25.5 Å². The number of morpholine rings is 1. The highest BCUT2D eigenvalue weighted by atomic mass is 16.5. The molecule has 1 aliphatic rings. The van der Waals surface area contributed by atoms with Gasteiger partial charge >= 0.3 is 0 Å². The molecule has 1 amide bonds. The molecule has 0 atom stereocenters. The molecule has 2 aromatic carbocycles. The first kappa shape index (κ1) is 31.6. The Balaban J connectivity index is 1.63. The summed E-state index contributed by atoms with van der Waals surface area (Å²) in [6, 6.07) is 12.1. The highest BCUT2D eigenvalue weighted by molar-refractivity contribution is 5.92. The third-order valence-corrected chi connectivity index (χ3v) is 7.63. The average molecular weight is 578 g/mol. The van der Waals surface area contributed by atoms with E-state index in [0.717, 1.165) is 98.1 Å². The number of carbonyl (C=O) groups excluding carboxylic acids is 1. The molecule has 3 aromatic rings. The van der Waals surface area contributed by atoms with Crippen LogP contribution in [0, 0.1) is 0 Å².